The predicted molar refractivity (Wildman–Crippen MR) is 125 cm³/mol. The molecule has 0 aliphatic heterocycles. The van der Waals surface area contributed by atoms with Gasteiger partial charge in [0.25, 0.3) is 11.8 Å². The third-order valence-electron chi connectivity index (χ3n) is 4.52. The summed E-state index contributed by atoms with van der Waals surface area (Å²) >= 11 is 0. The molecule has 0 aliphatic carbocycles. The van der Waals surface area contributed by atoms with Crippen molar-refractivity contribution in [3.63, 3.8) is 0 Å². The molecule has 34 heavy (non-hydrogen) atoms. The molecule has 0 aliphatic rings. The van der Waals surface area contributed by atoms with Crippen LogP contribution in [0.2, 0.25) is 0 Å². The Hall–Kier alpha value is -4.53. The topological polar surface area (TPSA) is 124 Å². The molecule has 0 saturated heterocycles. The molecule has 0 spiro atoms. The van der Waals surface area contributed by atoms with Crippen molar-refractivity contribution in [2.24, 2.45) is 0 Å². The van der Waals surface area contributed by atoms with Crippen LogP contribution in [0.25, 0.3) is 0 Å². The van der Waals surface area contributed by atoms with Gasteiger partial charge in [-0.1, -0.05) is 6.07 Å². The third-order valence-corrected chi connectivity index (χ3v) is 4.52. The Labute approximate surface area is 196 Å². The molecule has 1 heterocycles. The van der Waals surface area contributed by atoms with Gasteiger partial charge in [0.2, 0.25) is 0 Å². The van der Waals surface area contributed by atoms with Crippen molar-refractivity contribution < 1.29 is 28.7 Å². The van der Waals surface area contributed by atoms with E-state index >= 15 is 0 Å². The molecular weight excluding hydrogens is 438 g/mol. The van der Waals surface area contributed by atoms with E-state index in [0.29, 0.717) is 22.5 Å². The summed E-state index contributed by atoms with van der Waals surface area (Å²) < 4.78 is 9.86. The van der Waals surface area contributed by atoms with Crippen molar-refractivity contribution in [2.45, 2.75) is 13.8 Å². The first-order valence-electron chi connectivity index (χ1n) is 10.6. The number of esters is 2. The van der Waals surface area contributed by atoms with E-state index in [2.05, 4.69) is 15.6 Å². The lowest BCUT2D eigenvalue weighted by Gasteiger charge is -2.08. The van der Waals surface area contributed by atoms with Gasteiger partial charge >= 0.3 is 11.9 Å². The van der Waals surface area contributed by atoms with Crippen molar-refractivity contribution in [3.05, 3.63) is 89.2 Å². The number of hydrogen-bond donors (Lipinski definition) is 2. The van der Waals surface area contributed by atoms with E-state index in [9.17, 15) is 19.2 Å². The van der Waals surface area contributed by atoms with Gasteiger partial charge in [-0.3, -0.25) is 9.59 Å². The number of pyridine rings is 1. The first-order chi connectivity index (χ1) is 16.4. The third kappa shape index (κ3) is 6.26. The SMILES string of the molecule is CCOC(=O)c1ccc(NC(=O)c2cccc(C(=O)Nc3ccc(C(=O)OCC)cc3)n2)cc1. The molecule has 9 heteroatoms. The van der Waals surface area contributed by atoms with E-state index in [1.165, 1.54) is 36.4 Å². The summed E-state index contributed by atoms with van der Waals surface area (Å²) in [5.41, 5.74) is 1.73. The first-order valence-corrected chi connectivity index (χ1v) is 10.6. The number of rotatable bonds is 8. The number of aromatic nitrogens is 1. The van der Waals surface area contributed by atoms with Gasteiger partial charge in [0.1, 0.15) is 11.4 Å². The normalized spacial score (nSPS) is 10.2. The fourth-order valence-corrected chi connectivity index (χ4v) is 2.89. The Bertz CT molecular complexity index is 1100. The van der Waals surface area contributed by atoms with Gasteiger partial charge in [-0.25, -0.2) is 14.6 Å². The molecule has 2 N–H and O–H groups in total. The molecule has 0 saturated carbocycles. The number of carbonyl (C=O) groups excluding carboxylic acids is 4. The maximum absolute atomic E-state index is 12.6. The fraction of sp³-hybridized carbons (Fsp3) is 0.160. The van der Waals surface area contributed by atoms with Crippen LogP contribution in [0.15, 0.2) is 66.7 Å². The highest BCUT2D eigenvalue weighted by Gasteiger charge is 2.14. The number of nitrogens with zero attached hydrogens (tertiary/aromatic N) is 1. The average Bonchev–Trinajstić information content (AvgIpc) is 2.85. The van der Waals surface area contributed by atoms with Crippen LogP contribution in [0.3, 0.4) is 0 Å². The van der Waals surface area contributed by atoms with Gasteiger partial charge in [-0.2, -0.15) is 0 Å². The zero-order valence-electron chi connectivity index (χ0n) is 18.7. The molecule has 9 nitrogen and oxygen atoms in total. The number of carbonyl (C=O) groups is 4. The summed E-state index contributed by atoms with van der Waals surface area (Å²) in [4.78, 5) is 52.8. The quantitative estimate of drug-likeness (QED) is 0.487. The van der Waals surface area contributed by atoms with Gasteiger partial charge in [-0.05, 0) is 74.5 Å². The molecule has 0 fully saturated rings. The summed E-state index contributed by atoms with van der Waals surface area (Å²) in [6, 6.07) is 16.9. The molecule has 2 amide bonds. The van der Waals surface area contributed by atoms with Gasteiger partial charge in [-0.15, -0.1) is 0 Å². The van der Waals surface area contributed by atoms with Crippen LogP contribution in [0.1, 0.15) is 55.5 Å². The van der Waals surface area contributed by atoms with Crippen molar-refractivity contribution >= 4 is 35.1 Å². The number of amides is 2. The molecule has 3 rings (SSSR count). The first kappa shape index (κ1) is 24.1. The Morgan fingerprint density at radius 3 is 1.38 bits per heavy atom. The van der Waals surface area contributed by atoms with Crippen LogP contribution in [-0.4, -0.2) is 42.0 Å². The molecule has 2 aromatic carbocycles. The lowest BCUT2D eigenvalue weighted by Crippen LogP contribution is -2.18. The summed E-state index contributed by atoms with van der Waals surface area (Å²) in [7, 11) is 0. The van der Waals surface area contributed by atoms with E-state index in [1.54, 1.807) is 44.2 Å². The van der Waals surface area contributed by atoms with E-state index in [1.807, 2.05) is 0 Å². The second-order valence-corrected chi connectivity index (χ2v) is 6.91. The van der Waals surface area contributed by atoms with Crippen molar-refractivity contribution in [1.82, 2.24) is 4.98 Å². The summed E-state index contributed by atoms with van der Waals surface area (Å²) in [5.74, 6) is -1.93. The highest BCUT2D eigenvalue weighted by atomic mass is 16.5. The van der Waals surface area contributed by atoms with Crippen LogP contribution < -0.4 is 10.6 Å². The molecular formula is C25H23N3O6. The molecule has 0 radical (unpaired) electrons. The Morgan fingerprint density at radius 1 is 0.647 bits per heavy atom. The van der Waals surface area contributed by atoms with Crippen LogP contribution in [0.4, 0.5) is 11.4 Å². The Balaban J connectivity index is 1.64. The molecule has 0 atom stereocenters. The minimum absolute atomic E-state index is 0.0415. The average molecular weight is 461 g/mol. The number of benzene rings is 2. The molecule has 0 unspecified atom stereocenters. The van der Waals surface area contributed by atoms with Gasteiger partial charge in [0.05, 0.1) is 24.3 Å². The van der Waals surface area contributed by atoms with E-state index in [-0.39, 0.29) is 24.6 Å². The van der Waals surface area contributed by atoms with E-state index in [0.717, 1.165) is 0 Å². The second-order valence-electron chi connectivity index (χ2n) is 6.91. The molecule has 0 bridgehead atoms. The van der Waals surface area contributed by atoms with Crippen LogP contribution in [0.5, 0.6) is 0 Å². The summed E-state index contributed by atoms with van der Waals surface area (Å²) in [5, 5.41) is 5.34. The lowest BCUT2D eigenvalue weighted by molar-refractivity contribution is 0.0517. The zero-order chi connectivity index (χ0) is 24.5. The highest BCUT2D eigenvalue weighted by molar-refractivity contribution is 6.06. The van der Waals surface area contributed by atoms with Gasteiger partial charge in [0, 0.05) is 11.4 Å². The van der Waals surface area contributed by atoms with Gasteiger partial charge in [0.15, 0.2) is 0 Å². The monoisotopic (exact) mass is 461 g/mol. The van der Waals surface area contributed by atoms with Crippen molar-refractivity contribution in [3.8, 4) is 0 Å². The molecule has 174 valence electrons. The number of ether oxygens (including phenoxy) is 2. The van der Waals surface area contributed by atoms with Gasteiger partial charge < -0.3 is 20.1 Å². The maximum Gasteiger partial charge on any atom is 0.338 e. The van der Waals surface area contributed by atoms with Crippen molar-refractivity contribution in [1.29, 1.82) is 0 Å². The lowest BCUT2D eigenvalue weighted by atomic mass is 10.2. The zero-order valence-corrected chi connectivity index (χ0v) is 18.7. The second kappa shape index (κ2) is 11.4. The highest BCUT2D eigenvalue weighted by Crippen LogP contribution is 2.14. The van der Waals surface area contributed by atoms with Crippen LogP contribution in [0, 0.1) is 0 Å². The smallest absolute Gasteiger partial charge is 0.338 e. The fourth-order valence-electron chi connectivity index (χ4n) is 2.89. The number of hydrogen-bond acceptors (Lipinski definition) is 7. The maximum atomic E-state index is 12.6. The van der Waals surface area contributed by atoms with E-state index in [4.69, 9.17) is 9.47 Å². The minimum atomic E-state index is -0.516. The largest absolute Gasteiger partial charge is 0.462 e. The van der Waals surface area contributed by atoms with Crippen LogP contribution in [-0.2, 0) is 9.47 Å². The Morgan fingerprint density at radius 2 is 1.03 bits per heavy atom. The summed E-state index contributed by atoms with van der Waals surface area (Å²) in [6.07, 6.45) is 0. The Kier molecular flexibility index (Phi) is 8.07. The molecule has 1 aromatic heterocycles. The van der Waals surface area contributed by atoms with E-state index < -0.39 is 23.8 Å². The number of nitrogens with one attached hydrogen (secondary N) is 2. The standard InChI is InChI=1S/C25H23N3O6/c1-3-33-24(31)16-8-12-18(13-9-16)26-22(29)20-6-5-7-21(28-20)23(30)27-19-14-10-17(11-15-19)25(32)34-4-2/h5-15H,3-4H2,1-2H3,(H,26,29)(H,27,30). The van der Waals surface area contributed by atoms with Crippen LogP contribution >= 0.6 is 0 Å². The minimum Gasteiger partial charge on any atom is -0.462 e. The summed E-state index contributed by atoms with van der Waals surface area (Å²) in [6.45, 7) is 3.98. The van der Waals surface area contributed by atoms with Crippen molar-refractivity contribution in [2.75, 3.05) is 23.8 Å². The predicted octanol–water partition coefficient (Wildman–Crippen LogP) is 3.94. The molecule has 3 aromatic rings. The number of anilines is 2.